The van der Waals surface area contributed by atoms with Crippen molar-refractivity contribution in [3.63, 3.8) is 0 Å². The number of carboxylic acid groups (broad SMARTS) is 1. The average molecular weight is 291 g/mol. The summed E-state index contributed by atoms with van der Waals surface area (Å²) >= 11 is 0. The molecule has 1 aromatic carbocycles. The lowest BCUT2D eigenvalue weighted by molar-refractivity contribution is -0.145. The monoisotopic (exact) mass is 291 g/mol. The molecule has 0 aliphatic heterocycles. The summed E-state index contributed by atoms with van der Waals surface area (Å²) in [7, 11) is 0. The highest BCUT2D eigenvalue weighted by atomic mass is 16.5. The zero-order valence-corrected chi connectivity index (χ0v) is 11.7. The van der Waals surface area contributed by atoms with Crippen molar-refractivity contribution < 1.29 is 24.2 Å². The van der Waals surface area contributed by atoms with Crippen LogP contribution in [0.5, 0.6) is 0 Å². The van der Waals surface area contributed by atoms with Crippen molar-refractivity contribution in [2.75, 3.05) is 13.2 Å². The van der Waals surface area contributed by atoms with E-state index in [0.717, 1.165) is 0 Å². The Bertz CT molecular complexity index is 550. The van der Waals surface area contributed by atoms with E-state index in [-0.39, 0.29) is 19.1 Å². The Kier molecular flexibility index (Phi) is 4.26. The zero-order valence-electron chi connectivity index (χ0n) is 11.7. The molecule has 1 aromatic rings. The maximum Gasteiger partial charge on any atom is 0.329 e. The number of hydrogen-bond acceptors (Lipinski definition) is 4. The van der Waals surface area contributed by atoms with Crippen LogP contribution in [0.25, 0.3) is 0 Å². The van der Waals surface area contributed by atoms with Crippen LogP contribution in [-0.2, 0) is 14.3 Å². The predicted molar refractivity (Wildman–Crippen MR) is 73.7 cm³/mol. The van der Waals surface area contributed by atoms with Crippen molar-refractivity contribution in [3.8, 4) is 0 Å². The first-order valence-corrected chi connectivity index (χ1v) is 6.71. The number of carbonyl (C=O) groups excluding carboxylic acids is 2. The number of benzene rings is 1. The van der Waals surface area contributed by atoms with Crippen molar-refractivity contribution in [2.45, 2.75) is 25.3 Å². The van der Waals surface area contributed by atoms with Gasteiger partial charge in [0.25, 0.3) is 5.91 Å². The molecular formula is C15H17NO5. The molecule has 6 nitrogen and oxygen atoms in total. The molecule has 6 heteroatoms. The van der Waals surface area contributed by atoms with Gasteiger partial charge in [-0.05, 0) is 25.0 Å². The molecule has 1 amide bonds. The summed E-state index contributed by atoms with van der Waals surface area (Å²) in [4.78, 5) is 36.1. The maximum absolute atomic E-state index is 12.5. The molecular weight excluding hydrogens is 274 g/mol. The molecule has 0 spiro atoms. The van der Waals surface area contributed by atoms with Crippen molar-refractivity contribution in [2.24, 2.45) is 0 Å². The van der Waals surface area contributed by atoms with E-state index >= 15 is 0 Å². The van der Waals surface area contributed by atoms with Gasteiger partial charge in [-0.3, -0.25) is 9.59 Å². The molecule has 1 N–H and O–H groups in total. The predicted octanol–water partition coefficient (Wildman–Crippen LogP) is 1.31. The average Bonchev–Trinajstić information content (AvgIpc) is 3.25. The summed E-state index contributed by atoms with van der Waals surface area (Å²) in [6, 6.07) is 8.50. The molecule has 0 radical (unpaired) electrons. The number of esters is 1. The molecule has 1 aliphatic rings. The summed E-state index contributed by atoms with van der Waals surface area (Å²) in [6.45, 7) is 1.33. The molecule has 1 saturated carbocycles. The van der Waals surface area contributed by atoms with Crippen molar-refractivity contribution in [3.05, 3.63) is 35.9 Å². The van der Waals surface area contributed by atoms with Crippen LogP contribution in [-0.4, -0.2) is 46.5 Å². The first kappa shape index (κ1) is 15.0. The third kappa shape index (κ3) is 3.21. The van der Waals surface area contributed by atoms with Gasteiger partial charge in [0.1, 0.15) is 12.1 Å². The minimum atomic E-state index is -1.16. The van der Waals surface area contributed by atoms with E-state index in [0.29, 0.717) is 18.4 Å². The van der Waals surface area contributed by atoms with E-state index in [1.807, 2.05) is 0 Å². The normalized spacial score (nSPS) is 15.1. The Labute approximate surface area is 122 Å². The lowest BCUT2D eigenvalue weighted by Crippen LogP contribution is -2.48. The highest BCUT2D eigenvalue weighted by Gasteiger charge is 2.56. The number of hydrogen-bond donors (Lipinski definition) is 1. The second kappa shape index (κ2) is 5.95. The Balaban J connectivity index is 2.18. The van der Waals surface area contributed by atoms with E-state index in [9.17, 15) is 19.5 Å². The summed E-state index contributed by atoms with van der Waals surface area (Å²) in [5.74, 6) is -1.83. The van der Waals surface area contributed by atoms with Crippen molar-refractivity contribution >= 4 is 17.8 Å². The molecule has 112 valence electrons. The molecule has 1 fully saturated rings. The van der Waals surface area contributed by atoms with Gasteiger partial charge in [-0.2, -0.15) is 0 Å². The highest BCUT2D eigenvalue weighted by molar-refractivity contribution is 5.99. The van der Waals surface area contributed by atoms with Gasteiger partial charge in [0.05, 0.1) is 6.54 Å². The quantitative estimate of drug-likeness (QED) is 0.799. The fourth-order valence-electron chi connectivity index (χ4n) is 2.24. The van der Waals surface area contributed by atoms with Gasteiger partial charge in [0, 0.05) is 12.5 Å². The Morgan fingerprint density at radius 3 is 2.33 bits per heavy atom. The van der Waals surface area contributed by atoms with Gasteiger partial charge >= 0.3 is 11.9 Å². The van der Waals surface area contributed by atoms with Crippen LogP contribution in [0.3, 0.4) is 0 Å². The number of carboxylic acids is 1. The maximum atomic E-state index is 12.5. The van der Waals surface area contributed by atoms with E-state index in [4.69, 9.17) is 4.74 Å². The van der Waals surface area contributed by atoms with Gasteiger partial charge < -0.3 is 14.7 Å². The van der Waals surface area contributed by atoms with Crippen LogP contribution in [0.4, 0.5) is 0 Å². The molecule has 0 aromatic heterocycles. The summed E-state index contributed by atoms with van der Waals surface area (Å²) in [6.07, 6.45) is 0.835. The van der Waals surface area contributed by atoms with Crippen molar-refractivity contribution in [1.82, 2.24) is 4.90 Å². The largest absolute Gasteiger partial charge is 0.479 e. The first-order chi connectivity index (χ1) is 9.97. The number of amides is 1. The standard InChI is InChI=1S/C15H17NO5/c1-11(17)21-10-9-16(15(7-8-15)14(19)20)13(18)12-5-3-2-4-6-12/h2-6H,7-10H2,1H3,(H,19,20). The summed E-state index contributed by atoms with van der Waals surface area (Å²) in [5.41, 5.74) is -0.736. The van der Waals surface area contributed by atoms with E-state index in [1.54, 1.807) is 30.3 Å². The molecule has 2 rings (SSSR count). The topological polar surface area (TPSA) is 83.9 Å². The third-order valence-electron chi connectivity index (χ3n) is 3.52. The molecule has 1 aliphatic carbocycles. The van der Waals surface area contributed by atoms with E-state index in [2.05, 4.69) is 0 Å². The molecule has 0 atom stereocenters. The molecule has 0 saturated heterocycles. The second-order valence-electron chi connectivity index (χ2n) is 5.00. The number of nitrogens with zero attached hydrogens (tertiary/aromatic N) is 1. The van der Waals surface area contributed by atoms with Crippen LogP contribution >= 0.6 is 0 Å². The molecule has 0 heterocycles. The molecule has 0 unspecified atom stereocenters. The first-order valence-electron chi connectivity index (χ1n) is 6.71. The van der Waals surface area contributed by atoms with Crippen LogP contribution in [0.2, 0.25) is 0 Å². The SMILES string of the molecule is CC(=O)OCCN(C(=O)c1ccccc1)C1(C(=O)O)CC1. The summed E-state index contributed by atoms with van der Waals surface area (Å²) in [5, 5.41) is 9.38. The lowest BCUT2D eigenvalue weighted by atomic mass is 10.1. The van der Waals surface area contributed by atoms with Crippen LogP contribution in [0.1, 0.15) is 30.1 Å². The highest BCUT2D eigenvalue weighted by Crippen LogP contribution is 2.42. The second-order valence-corrected chi connectivity index (χ2v) is 5.00. The van der Waals surface area contributed by atoms with Gasteiger partial charge in [0.2, 0.25) is 0 Å². The number of ether oxygens (including phenoxy) is 1. The fourth-order valence-corrected chi connectivity index (χ4v) is 2.24. The van der Waals surface area contributed by atoms with E-state index in [1.165, 1.54) is 11.8 Å². The van der Waals surface area contributed by atoms with Gasteiger partial charge in [-0.1, -0.05) is 18.2 Å². The molecule has 0 bridgehead atoms. The molecule has 21 heavy (non-hydrogen) atoms. The minimum Gasteiger partial charge on any atom is -0.479 e. The minimum absolute atomic E-state index is 0.0110. The number of aliphatic carboxylic acids is 1. The third-order valence-corrected chi connectivity index (χ3v) is 3.52. The van der Waals surface area contributed by atoms with Gasteiger partial charge in [-0.25, -0.2) is 4.79 Å². The number of rotatable bonds is 6. The lowest BCUT2D eigenvalue weighted by Gasteiger charge is -2.29. The Hall–Kier alpha value is -2.37. The van der Waals surface area contributed by atoms with Gasteiger partial charge in [-0.15, -0.1) is 0 Å². The Morgan fingerprint density at radius 2 is 1.86 bits per heavy atom. The summed E-state index contributed by atoms with van der Waals surface area (Å²) < 4.78 is 4.84. The zero-order chi connectivity index (χ0) is 15.5. The Morgan fingerprint density at radius 1 is 1.24 bits per heavy atom. The number of carbonyl (C=O) groups is 3. The smallest absolute Gasteiger partial charge is 0.329 e. The van der Waals surface area contributed by atoms with Crippen LogP contribution in [0, 0.1) is 0 Å². The van der Waals surface area contributed by atoms with Crippen molar-refractivity contribution in [1.29, 1.82) is 0 Å². The van der Waals surface area contributed by atoms with Crippen LogP contribution in [0.15, 0.2) is 30.3 Å². The van der Waals surface area contributed by atoms with Gasteiger partial charge in [0.15, 0.2) is 0 Å². The van der Waals surface area contributed by atoms with Crippen LogP contribution < -0.4 is 0 Å². The van der Waals surface area contributed by atoms with E-state index < -0.39 is 17.5 Å². The fraction of sp³-hybridized carbons (Fsp3) is 0.400.